The lowest BCUT2D eigenvalue weighted by Crippen LogP contribution is -2.12. The topological polar surface area (TPSA) is 9.23 Å². The number of benzene rings is 2. The summed E-state index contributed by atoms with van der Waals surface area (Å²) >= 11 is 3.61. The quantitative estimate of drug-likeness (QED) is 0.530. The molecule has 0 unspecified atom stereocenters. The molecule has 1 nitrogen and oxygen atoms in total. The smallest absolute Gasteiger partial charge is 0.133 e. The largest absolute Gasteiger partial charge is 0.457 e. The number of hydrogen-bond acceptors (Lipinski definition) is 1. The predicted octanol–water partition coefficient (Wildman–Crippen LogP) is 6.90. The minimum Gasteiger partial charge on any atom is -0.457 e. The zero-order valence-electron chi connectivity index (χ0n) is 15.3. The van der Waals surface area contributed by atoms with Crippen LogP contribution in [0.25, 0.3) is 0 Å². The molecule has 0 aliphatic rings. The molecule has 0 saturated carbocycles. The SMILES string of the molecule is Cc1cc(C)c(Oc2cc(C(C)(C)C)cc(CBr)c2C)c(C)c1. The maximum atomic E-state index is 6.38. The Morgan fingerprint density at radius 1 is 0.913 bits per heavy atom. The monoisotopic (exact) mass is 374 g/mol. The average molecular weight is 375 g/mol. The van der Waals surface area contributed by atoms with Crippen LogP contribution in [-0.4, -0.2) is 0 Å². The van der Waals surface area contributed by atoms with Gasteiger partial charge >= 0.3 is 0 Å². The van der Waals surface area contributed by atoms with E-state index in [2.05, 4.69) is 88.7 Å². The molecule has 124 valence electrons. The highest BCUT2D eigenvalue weighted by Crippen LogP contribution is 2.36. The predicted molar refractivity (Wildman–Crippen MR) is 103 cm³/mol. The summed E-state index contributed by atoms with van der Waals surface area (Å²) in [5.74, 6) is 1.94. The number of ether oxygens (including phenoxy) is 1. The molecule has 0 aliphatic heterocycles. The maximum Gasteiger partial charge on any atom is 0.133 e. The first-order chi connectivity index (χ1) is 10.6. The van der Waals surface area contributed by atoms with Gasteiger partial charge in [-0.15, -0.1) is 0 Å². The Morgan fingerprint density at radius 2 is 1.48 bits per heavy atom. The van der Waals surface area contributed by atoms with Gasteiger partial charge in [-0.1, -0.05) is 60.5 Å². The van der Waals surface area contributed by atoms with Crippen LogP contribution >= 0.6 is 15.9 Å². The van der Waals surface area contributed by atoms with Crippen LogP contribution in [0.15, 0.2) is 24.3 Å². The van der Waals surface area contributed by atoms with Crippen molar-refractivity contribution in [1.29, 1.82) is 0 Å². The van der Waals surface area contributed by atoms with Gasteiger partial charge in [-0.2, -0.15) is 0 Å². The lowest BCUT2D eigenvalue weighted by atomic mass is 9.85. The summed E-state index contributed by atoms with van der Waals surface area (Å²) in [6.07, 6.45) is 0. The number of aryl methyl sites for hydroxylation is 3. The van der Waals surface area contributed by atoms with Crippen molar-refractivity contribution < 1.29 is 4.74 Å². The first kappa shape index (κ1) is 18.1. The molecule has 0 saturated heterocycles. The van der Waals surface area contributed by atoms with E-state index in [1.165, 1.54) is 33.4 Å². The molecular formula is C21H27BrO. The third-order valence-corrected chi connectivity index (χ3v) is 4.90. The van der Waals surface area contributed by atoms with Gasteiger partial charge in [0.2, 0.25) is 0 Å². The molecule has 2 aromatic rings. The van der Waals surface area contributed by atoms with E-state index in [-0.39, 0.29) is 5.41 Å². The molecular weight excluding hydrogens is 348 g/mol. The van der Waals surface area contributed by atoms with Gasteiger partial charge in [0, 0.05) is 5.33 Å². The standard InChI is InChI=1S/C21H27BrO/c1-13-8-14(2)20(15(3)9-13)23-19-11-18(21(5,6)7)10-17(12-22)16(19)4/h8-11H,12H2,1-7H3. The molecule has 0 heterocycles. The molecule has 0 atom stereocenters. The summed E-state index contributed by atoms with van der Waals surface area (Å²) in [6, 6.07) is 8.83. The Balaban J connectivity index is 2.56. The van der Waals surface area contributed by atoms with E-state index in [9.17, 15) is 0 Å². The van der Waals surface area contributed by atoms with Crippen molar-refractivity contribution >= 4 is 15.9 Å². The fourth-order valence-corrected chi connectivity index (χ4v) is 3.44. The minimum atomic E-state index is 0.0973. The molecule has 0 aromatic heterocycles. The molecule has 0 aliphatic carbocycles. The molecule has 0 amide bonds. The molecule has 0 fully saturated rings. The summed E-state index contributed by atoms with van der Waals surface area (Å²) in [7, 11) is 0. The van der Waals surface area contributed by atoms with E-state index in [1.807, 2.05) is 0 Å². The fraction of sp³-hybridized carbons (Fsp3) is 0.429. The van der Waals surface area contributed by atoms with Crippen molar-refractivity contribution in [2.75, 3.05) is 0 Å². The average Bonchev–Trinajstić information content (AvgIpc) is 2.43. The normalized spacial score (nSPS) is 11.7. The van der Waals surface area contributed by atoms with Gasteiger partial charge in [0.15, 0.2) is 0 Å². The van der Waals surface area contributed by atoms with E-state index < -0.39 is 0 Å². The maximum absolute atomic E-state index is 6.38. The highest BCUT2D eigenvalue weighted by atomic mass is 79.9. The zero-order valence-corrected chi connectivity index (χ0v) is 16.9. The highest BCUT2D eigenvalue weighted by molar-refractivity contribution is 9.08. The van der Waals surface area contributed by atoms with Gasteiger partial charge in [-0.3, -0.25) is 0 Å². The lowest BCUT2D eigenvalue weighted by molar-refractivity contribution is 0.467. The summed E-state index contributed by atoms with van der Waals surface area (Å²) in [5.41, 5.74) is 7.53. The van der Waals surface area contributed by atoms with Crippen molar-refractivity contribution in [2.24, 2.45) is 0 Å². The molecule has 2 rings (SSSR count). The fourth-order valence-electron chi connectivity index (χ4n) is 2.86. The third kappa shape index (κ3) is 3.98. The molecule has 2 heteroatoms. The molecule has 0 spiro atoms. The van der Waals surface area contributed by atoms with Crippen molar-refractivity contribution in [3.63, 3.8) is 0 Å². The van der Waals surface area contributed by atoms with Crippen molar-refractivity contribution in [2.45, 2.75) is 59.2 Å². The summed E-state index contributed by atoms with van der Waals surface area (Å²) in [6.45, 7) is 15.2. The Labute approximate surface area is 149 Å². The van der Waals surface area contributed by atoms with Crippen LogP contribution in [0.1, 0.15) is 54.2 Å². The summed E-state index contributed by atoms with van der Waals surface area (Å²) in [4.78, 5) is 0. The molecule has 2 aromatic carbocycles. The van der Waals surface area contributed by atoms with E-state index in [0.29, 0.717) is 0 Å². The van der Waals surface area contributed by atoms with Crippen LogP contribution in [0.5, 0.6) is 11.5 Å². The van der Waals surface area contributed by atoms with Crippen LogP contribution < -0.4 is 4.74 Å². The number of rotatable bonds is 3. The first-order valence-corrected chi connectivity index (χ1v) is 9.21. The molecule has 0 bridgehead atoms. The van der Waals surface area contributed by atoms with Gasteiger partial charge in [-0.25, -0.2) is 0 Å². The summed E-state index contributed by atoms with van der Waals surface area (Å²) in [5, 5.41) is 0.838. The van der Waals surface area contributed by atoms with Crippen LogP contribution in [0.2, 0.25) is 0 Å². The molecule has 0 N–H and O–H groups in total. The van der Waals surface area contributed by atoms with Crippen molar-refractivity contribution in [3.8, 4) is 11.5 Å². The molecule has 23 heavy (non-hydrogen) atoms. The van der Waals surface area contributed by atoms with Crippen LogP contribution in [0, 0.1) is 27.7 Å². The van der Waals surface area contributed by atoms with Gasteiger partial charge in [0.05, 0.1) is 0 Å². The van der Waals surface area contributed by atoms with E-state index >= 15 is 0 Å². The second-order valence-corrected chi connectivity index (χ2v) is 8.03. The van der Waals surface area contributed by atoms with Gasteiger partial charge in [0.1, 0.15) is 11.5 Å². The third-order valence-electron chi connectivity index (χ3n) is 4.29. The van der Waals surface area contributed by atoms with Gasteiger partial charge in [-0.05, 0) is 67.0 Å². The minimum absolute atomic E-state index is 0.0973. The van der Waals surface area contributed by atoms with Gasteiger partial charge in [0.25, 0.3) is 0 Å². The van der Waals surface area contributed by atoms with Crippen molar-refractivity contribution in [3.05, 3.63) is 57.6 Å². The Morgan fingerprint density at radius 3 is 1.96 bits per heavy atom. The Bertz CT molecular complexity index is 700. The highest BCUT2D eigenvalue weighted by Gasteiger charge is 2.19. The number of hydrogen-bond donors (Lipinski definition) is 0. The van der Waals surface area contributed by atoms with Crippen molar-refractivity contribution in [1.82, 2.24) is 0 Å². The van der Waals surface area contributed by atoms with Gasteiger partial charge < -0.3 is 4.74 Å². The van der Waals surface area contributed by atoms with Crippen LogP contribution in [0.4, 0.5) is 0 Å². The number of alkyl halides is 1. The zero-order chi connectivity index (χ0) is 17.4. The van der Waals surface area contributed by atoms with Crippen LogP contribution in [-0.2, 0) is 10.7 Å². The Hall–Kier alpha value is -1.28. The van der Waals surface area contributed by atoms with E-state index in [0.717, 1.165) is 16.8 Å². The number of halogens is 1. The lowest BCUT2D eigenvalue weighted by Gasteiger charge is -2.23. The first-order valence-electron chi connectivity index (χ1n) is 8.09. The van der Waals surface area contributed by atoms with E-state index in [1.54, 1.807) is 0 Å². The van der Waals surface area contributed by atoms with E-state index in [4.69, 9.17) is 4.74 Å². The Kier molecular flexibility index (Phi) is 5.25. The second-order valence-electron chi connectivity index (χ2n) is 7.47. The van der Waals surface area contributed by atoms with Crippen LogP contribution in [0.3, 0.4) is 0 Å². The summed E-state index contributed by atoms with van der Waals surface area (Å²) < 4.78 is 6.38. The molecule has 0 radical (unpaired) electrons. The second kappa shape index (κ2) is 6.68.